The van der Waals surface area contributed by atoms with Gasteiger partial charge in [-0.3, -0.25) is 4.72 Å². The molecular formula is C16H24N2O4S. The Morgan fingerprint density at radius 3 is 2.57 bits per heavy atom. The van der Waals surface area contributed by atoms with Gasteiger partial charge >= 0.3 is 6.09 Å². The van der Waals surface area contributed by atoms with Crippen LogP contribution in [0.1, 0.15) is 44.4 Å². The SMILES string of the molecule is CC(C)(C)C[C@H]1c2cccc(NS(C)(=O)=O)c2CCN1C(=O)O. The van der Waals surface area contributed by atoms with Crippen molar-refractivity contribution < 1.29 is 18.3 Å². The maximum atomic E-state index is 11.6. The van der Waals surface area contributed by atoms with Gasteiger partial charge in [0.1, 0.15) is 0 Å². The predicted octanol–water partition coefficient (Wildman–Crippen LogP) is 3.07. The van der Waals surface area contributed by atoms with E-state index in [4.69, 9.17) is 0 Å². The van der Waals surface area contributed by atoms with E-state index in [1.54, 1.807) is 12.1 Å². The van der Waals surface area contributed by atoms with Gasteiger partial charge in [-0.2, -0.15) is 0 Å². The number of hydrogen-bond acceptors (Lipinski definition) is 3. The van der Waals surface area contributed by atoms with E-state index in [2.05, 4.69) is 25.5 Å². The van der Waals surface area contributed by atoms with Gasteiger partial charge in [0.15, 0.2) is 0 Å². The summed E-state index contributed by atoms with van der Waals surface area (Å²) in [4.78, 5) is 13.0. The van der Waals surface area contributed by atoms with E-state index in [0.29, 0.717) is 25.1 Å². The Labute approximate surface area is 137 Å². The Morgan fingerprint density at radius 2 is 2.04 bits per heavy atom. The molecule has 1 amide bonds. The first-order chi connectivity index (χ1) is 10.5. The number of benzene rings is 1. The zero-order chi connectivity index (χ0) is 17.4. The molecule has 1 aliphatic heterocycles. The van der Waals surface area contributed by atoms with E-state index in [9.17, 15) is 18.3 Å². The third kappa shape index (κ3) is 4.37. The van der Waals surface area contributed by atoms with E-state index in [1.165, 1.54) is 4.90 Å². The molecule has 0 radical (unpaired) electrons. The van der Waals surface area contributed by atoms with Crippen molar-refractivity contribution in [3.63, 3.8) is 0 Å². The molecule has 7 heteroatoms. The molecule has 1 aromatic rings. The summed E-state index contributed by atoms with van der Waals surface area (Å²) >= 11 is 0. The van der Waals surface area contributed by atoms with Crippen LogP contribution < -0.4 is 4.72 Å². The monoisotopic (exact) mass is 340 g/mol. The molecule has 23 heavy (non-hydrogen) atoms. The second-order valence-electron chi connectivity index (χ2n) is 7.25. The van der Waals surface area contributed by atoms with Crippen LogP contribution in [0.15, 0.2) is 18.2 Å². The first-order valence-corrected chi connectivity index (χ1v) is 9.46. The van der Waals surface area contributed by atoms with Crippen LogP contribution in [0.25, 0.3) is 0 Å². The number of carbonyl (C=O) groups is 1. The number of nitrogens with zero attached hydrogens (tertiary/aromatic N) is 1. The highest BCUT2D eigenvalue weighted by Crippen LogP contribution is 2.40. The van der Waals surface area contributed by atoms with Gasteiger partial charge < -0.3 is 10.0 Å². The molecule has 1 aliphatic rings. The van der Waals surface area contributed by atoms with Crippen LogP contribution >= 0.6 is 0 Å². The summed E-state index contributed by atoms with van der Waals surface area (Å²) in [7, 11) is -3.37. The van der Waals surface area contributed by atoms with Crippen LogP contribution in [0.5, 0.6) is 0 Å². The highest BCUT2D eigenvalue weighted by molar-refractivity contribution is 7.92. The largest absolute Gasteiger partial charge is 0.465 e. The lowest BCUT2D eigenvalue weighted by Crippen LogP contribution is -2.41. The van der Waals surface area contributed by atoms with Crippen molar-refractivity contribution in [1.82, 2.24) is 4.90 Å². The van der Waals surface area contributed by atoms with Gasteiger partial charge in [0.2, 0.25) is 10.0 Å². The summed E-state index contributed by atoms with van der Waals surface area (Å²) in [6, 6.07) is 5.13. The Hall–Kier alpha value is -1.76. The quantitative estimate of drug-likeness (QED) is 0.885. The molecule has 2 rings (SSSR count). The fourth-order valence-electron chi connectivity index (χ4n) is 3.08. The first-order valence-electron chi connectivity index (χ1n) is 7.57. The van der Waals surface area contributed by atoms with Crippen molar-refractivity contribution >= 4 is 21.8 Å². The minimum Gasteiger partial charge on any atom is -0.465 e. The van der Waals surface area contributed by atoms with Crippen molar-refractivity contribution in [3.8, 4) is 0 Å². The van der Waals surface area contributed by atoms with E-state index in [0.717, 1.165) is 17.4 Å². The molecule has 0 saturated carbocycles. The summed E-state index contributed by atoms with van der Waals surface area (Å²) in [6.45, 7) is 6.57. The van der Waals surface area contributed by atoms with Crippen molar-refractivity contribution in [1.29, 1.82) is 0 Å². The van der Waals surface area contributed by atoms with Crippen LogP contribution in [0.2, 0.25) is 0 Å². The van der Waals surface area contributed by atoms with Gasteiger partial charge in [0, 0.05) is 6.54 Å². The van der Waals surface area contributed by atoms with Crippen molar-refractivity contribution in [3.05, 3.63) is 29.3 Å². The van der Waals surface area contributed by atoms with E-state index in [-0.39, 0.29) is 11.5 Å². The van der Waals surface area contributed by atoms with E-state index >= 15 is 0 Å². The summed E-state index contributed by atoms with van der Waals surface area (Å²) in [5, 5.41) is 9.50. The highest BCUT2D eigenvalue weighted by Gasteiger charge is 2.34. The number of nitrogens with one attached hydrogen (secondary N) is 1. The third-order valence-electron chi connectivity index (χ3n) is 3.90. The molecule has 1 atom stereocenters. The summed E-state index contributed by atoms with van der Waals surface area (Å²) < 4.78 is 25.7. The van der Waals surface area contributed by atoms with Gasteiger partial charge in [0.05, 0.1) is 18.0 Å². The average molecular weight is 340 g/mol. The Bertz CT molecular complexity index is 707. The van der Waals surface area contributed by atoms with Crippen molar-refractivity contribution in [2.75, 3.05) is 17.5 Å². The molecule has 0 aromatic heterocycles. The topological polar surface area (TPSA) is 86.7 Å². The fraction of sp³-hybridized carbons (Fsp3) is 0.562. The second kappa shape index (κ2) is 6.03. The Balaban J connectivity index is 2.49. The van der Waals surface area contributed by atoms with Crippen molar-refractivity contribution in [2.24, 2.45) is 5.41 Å². The minimum atomic E-state index is -3.37. The molecule has 0 fully saturated rings. The molecule has 6 nitrogen and oxygen atoms in total. The van der Waals surface area contributed by atoms with Gasteiger partial charge in [-0.05, 0) is 35.4 Å². The van der Waals surface area contributed by atoms with Crippen LogP contribution in [0, 0.1) is 5.41 Å². The number of sulfonamides is 1. The first kappa shape index (κ1) is 17.6. The van der Waals surface area contributed by atoms with Crippen LogP contribution in [0.4, 0.5) is 10.5 Å². The van der Waals surface area contributed by atoms with E-state index < -0.39 is 16.1 Å². The summed E-state index contributed by atoms with van der Waals surface area (Å²) in [5.41, 5.74) is 2.29. The fourth-order valence-corrected chi connectivity index (χ4v) is 3.67. The lowest BCUT2D eigenvalue weighted by Gasteiger charge is -2.39. The number of carboxylic acid groups (broad SMARTS) is 1. The Morgan fingerprint density at radius 1 is 1.39 bits per heavy atom. The lowest BCUT2D eigenvalue weighted by molar-refractivity contribution is 0.104. The number of anilines is 1. The van der Waals surface area contributed by atoms with Gasteiger partial charge in [0.25, 0.3) is 0 Å². The van der Waals surface area contributed by atoms with Crippen LogP contribution in [-0.2, 0) is 16.4 Å². The van der Waals surface area contributed by atoms with E-state index in [1.807, 2.05) is 6.07 Å². The molecule has 0 bridgehead atoms. The van der Waals surface area contributed by atoms with Crippen LogP contribution in [0.3, 0.4) is 0 Å². The molecule has 1 aromatic carbocycles. The van der Waals surface area contributed by atoms with Gasteiger partial charge in [-0.25, -0.2) is 13.2 Å². The smallest absolute Gasteiger partial charge is 0.407 e. The molecule has 0 aliphatic carbocycles. The molecule has 0 saturated heterocycles. The third-order valence-corrected chi connectivity index (χ3v) is 4.49. The molecule has 2 N–H and O–H groups in total. The molecule has 128 valence electrons. The predicted molar refractivity (Wildman–Crippen MR) is 90.2 cm³/mol. The Kier molecular flexibility index (Phi) is 4.61. The minimum absolute atomic E-state index is 0.0484. The maximum Gasteiger partial charge on any atom is 0.407 e. The normalized spacial score (nSPS) is 18.4. The van der Waals surface area contributed by atoms with Crippen LogP contribution in [-0.4, -0.2) is 37.3 Å². The maximum absolute atomic E-state index is 11.6. The second-order valence-corrected chi connectivity index (χ2v) is 9.00. The average Bonchev–Trinajstić information content (AvgIpc) is 2.35. The lowest BCUT2D eigenvalue weighted by atomic mass is 9.81. The molecular weight excluding hydrogens is 316 g/mol. The molecule has 0 spiro atoms. The van der Waals surface area contributed by atoms with Crippen molar-refractivity contribution in [2.45, 2.75) is 39.7 Å². The summed E-state index contributed by atoms with van der Waals surface area (Å²) in [5.74, 6) is 0. The molecule has 1 heterocycles. The number of rotatable bonds is 3. The standard InChI is InChI=1S/C16H24N2O4S/c1-16(2,3)10-14-12-6-5-7-13(17-23(4,21)22)11(12)8-9-18(14)15(19)20/h5-7,14,17H,8-10H2,1-4H3,(H,19,20)/t14-/m0/s1. The molecule has 0 unspecified atom stereocenters. The summed E-state index contributed by atoms with van der Waals surface area (Å²) in [6.07, 6.45) is 1.35. The number of fused-ring (bicyclic) bond motifs is 1. The van der Waals surface area contributed by atoms with Gasteiger partial charge in [-0.1, -0.05) is 32.9 Å². The zero-order valence-electron chi connectivity index (χ0n) is 14.0. The number of hydrogen-bond donors (Lipinski definition) is 2. The zero-order valence-corrected chi connectivity index (χ0v) is 14.8. The number of amides is 1. The highest BCUT2D eigenvalue weighted by atomic mass is 32.2. The van der Waals surface area contributed by atoms with Gasteiger partial charge in [-0.15, -0.1) is 0 Å².